The number of carbonyl (C=O) groups is 2. The van der Waals surface area contributed by atoms with Gasteiger partial charge in [0, 0.05) is 5.56 Å². The molecule has 1 saturated heterocycles. The van der Waals surface area contributed by atoms with E-state index in [1.165, 1.54) is 17.0 Å². The number of aliphatic hydroxyl groups is 1. The molecule has 2 fully saturated rings. The van der Waals surface area contributed by atoms with Crippen LogP contribution in [0.4, 0.5) is 14.9 Å². The maximum absolute atomic E-state index is 14.5. The summed E-state index contributed by atoms with van der Waals surface area (Å²) >= 11 is 0. The Labute approximate surface area is 132 Å². The molecule has 1 amide bonds. The third kappa shape index (κ3) is 2.65. The molecule has 0 bridgehead atoms. The molecule has 6 nitrogen and oxygen atoms in total. The van der Waals surface area contributed by atoms with Crippen LogP contribution in [0.2, 0.25) is 0 Å². The van der Waals surface area contributed by atoms with Crippen LogP contribution in [0, 0.1) is 5.82 Å². The number of aliphatic hydroxyl groups excluding tert-OH is 1. The van der Waals surface area contributed by atoms with E-state index >= 15 is 0 Å². The van der Waals surface area contributed by atoms with Gasteiger partial charge in [-0.25, -0.2) is 9.18 Å². The Bertz CT molecular complexity index is 643. The van der Waals surface area contributed by atoms with Crippen LogP contribution >= 0.6 is 0 Å². The van der Waals surface area contributed by atoms with Gasteiger partial charge in [0.25, 0.3) is 0 Å². The predicted octanol–water partition coefficient (Wildman–Crippen LogP) is 1.74. The van der Waals surface area contributed by atoms with Gasteiger partial charge in [0.1, 0.15) is 11.9 Å². The van der Waals surface area contributed by atoms with Gasteiger partial charge < -0.3 is 14.6 Å². The number of amides is 1. The summed E-state index contributed by atoms with van der Waals surface area (Å²) in [5.74, 6) is -0.958. The molecule has 1 N–H and O–H groups in total. The number of halogens is 1. The van der Waals surface area contributed by atoms with Gasteiger partial charge >= 0.3 is 12.1 Å². The summed E-state index contributed by atoms with van der Waals surface area (Å²) in [6, 6.07) is 4.32. The molecule has 1 aromatic carbocycles. The molecule has 124 valence electrons. The van der Waals surface area contributed by atoms with Crippen LogP contribution in [-0.2, 0) is 19.7 Å². The molecule has 3 rings (SSSR count). The van der Waals surface area contributed by atoms with Crippen molar-refractivity contribution in [3.05, 3.63) is 29.6 Å². The minimum atomic E-state index is -0.891. The lowest BCUT2D eigenvalue weighted by Crippen LogP contribution is -2.27. The van der Waals surface area contributed by atoms with E-state index in [1.54, 1.807) is 13.0 Å². The molecule has 7 heteroatoms. The second-order valence-corrected chi connectivity index (χ2v) is 5.77. The first-order valence-electron chi connectivity index (χ1n) is 7.58. The van der Waals surface area contributed by atoms with Gasteiger partial charge in [0.2, 0.25) is 0 Å². The van der Waals surface area contributed by atoms with Gasteiger partial charge in [-0.15, -0.1) is 0 Å². The number of hydrogen-bond donors (Lipinski definition) is 1. The maximum atomic E-state index is 14.5. The summed E-state index contributed by atoms with van der Waals surface area (Å²) in [6.07, 6.45) is -0.122. The highest BCUT2D eigenvalue weighted by Gasteiger charge is 2.54. The quantitative estimate of drug-likeness (QED) is 0.835. The molecular weight excluding hydrogens is 305 g/mol. The number of hydrogen-bond acceptors (Lipinski definition) is 5. The monoisotopic (exact) mass is 323 g/mol. The van der Waals surface area contributed by atoms with Crippen molar-refractivity contribution >= 4 is 17.7 Å². The lowest BCUT2D eigenvalue weighted by molar-refractivity contribution is -0.146. The van der Waals surface area contributed by atoms with E-state index < -0.39 is 29.4 Å². The van der Waals surface area contributed by atoms with Crippen molar-refractivity contribution in [2.75, 3.05) is 24.7 Å². The van der Waals surface area contributed by atoms with Crippen molar-refractivity contribution in [3.63, 3.8) is 0 Å². The van der Waals surface area contributed by atoms with E-state index in [1.807, 2.05) is 0 Å². The van der Waals surface area contributed by atoms with E-state index in [0.717, 1.165) is 0 Å². The molecule has 0 spiro atoms. The topological polar surface area (TPSA) is 76.1 Å². The van der Waals surface area contributed by atoms with Gasteiger partial charge in [0.15, 0.2) is 0 Å². The molecule has 1 aliphatic carbocycles. The van der Waals surface area contributed by atoms with E-state index in [-0.39, 0.29) is 19.8 Å². The normalized spacial score (nSPS) is 22.0. The molecule has 0 radical (unpaired) electrons. The van der Waals surface area contributed by atoms with Crippen molar-refractivity contribution < 1.29 is 28.6 Å². The number of nitrogens with zero attached hydrogens (tertiary/aromatic N) is 1. The van der Waals surface area contributed by atoms with Gasteiger partial charge in [-0.3, -0.25) is 9.69 Å². The summed E-state index contributed by atoms with van der Waals surface area (Å²) in [5.41, 5.74) is -0.254. The third-order valence-corrected chi connectivity index (χ3v) is 4.27. The van der Waals surface area contributed by atoms with Crippen LogP contribution in [0.5, 0.6) is 0 Å². The van der Waals surface area contributed by atoms with Crippen LogP contribution in [0.1, 0.15) is 25.3 Å². The lowest BCUT2D eigenvalue weighted by atomic mass is 9.95. The second-order valence-electron chi connectivity index (χ2n) is 5.77. The van der Waals surface area contributed by atoms with Crippen LogP contribution < -0.4 is 4.90 Å². The zero-order valence-corrected chi connectivity index (χ0v) is 12.8. The minimum absolute atomic E-state index is 0.164. The van der Waals surface area contributed by atoms with Crippen molar-refractivity contribution in [1.29, 1.82) is 0 Å². The largest absolute Gasteiger partial charge is 0.465 e. The number of ether oxygens (including phenoxy) is 2. The van der Waals surface area contributed by atoms with E-state index in [9.17, 15) is 14.0 Å². The lowest BCUT2D eigenvalue weighted by Gasteiger charge is -2.18. The fourth-order valence-corrected chi connectivity index (χ4v) is 2.87. The smallest absolute Gasteiger partial charge is 0.414 e. The number of cyclic esters (lactones) is 1. The predicted molar refractivity (Wildman–Crippen MR) is 78.6 cm³/mol. The number of carbonyl (C=O) groups excluding carboxylic acids is 2. The second kappa shape index (κ2) is 5.81. The van der Waals surface area contributed by atoms with E-state index in [0.29, 0.717) is 24.1 Å². The Morgan fingerprint density at radius 3 is 2.78 bits per heavy atom. The average molecular weight is 323 g/mol. The Kier molecular flexibility index (Phi) is 3.97. The molecule has 1 atom stereocenters. The highest BCUT2D eigenvalue weighted by atomic mass is 19.1. The highest BCUT2D eigenvalue weighted by molar-refractivity contribution is 5.90. The van der Waals surface area contributed by atoms with Crippen molar-refractivity contribution in [1.82, 2.24) is 0 Å². The SMILES string of the molecule is CCOC(=O)C1(c2ccc(N3CC(CO)OC3=O)cc2F)CC1. The average Bonchev–Trinajstić information content (AvgIpc) is 3.24. The minimum Gasteiger partial charge on any atom is -0.465 e. The first kappa shape index (κ1) is 15.7. The number of benzene rings is 1. The Morgan fingerprint density at radius 1 is 1.52 bits per heavy atom. The van der Waals surface area contributed by atoms with Crippen LogP contribution in [-0.4, -0.2) is 43.0 Å². The first-order chi connectivity index (χ1) is 11.0. The van der Waals surface area contributed by atoms with Crippen LogP contribution in [0.3, 0.4) is 0 Å². The molecule has 1 aliphatic heterocycles. The molecule has 1 unspecified atom stereocenters. The van der Waals surface area contributed by atoms with Gasteiger partial charge in [-0.1, -0.05) is 6.07 Å². The van der Waals surface area contributed by atoms with Gasteiger partial charge in [0.05, 0.1) is 30.9 Å². The number of rotatable bonds is 5. The molecule has 2 aliphatic rings. The molecule has 1 saturated carbocycles. The van der Waals surface area contributed by atoms with Gasteiger partial charge in [-0.2, -0.15) is 0 Å². The number of esters is 1. The summed E-state index contributed by atoms with van der Waals surface area (Å²) in [4.78, 5) is 25.1. The van der Waals surface area contributed by atoms with Crippen LogP contribution in [0.25, 0.3) is 0 Å². The van der Waals surface area contributed by atoms with E-state index in [2.05, 4.69) is 0 Å². The summed E-state index contributed by atoms with van der Waals surface area (Å²) in [7, 11) is 0. The summed E-state index contributed by atoms with van der Waals surface area (Å²) in [6.45, 7) is 1.85. The highest BCUT2D eigenvalue weighted by Crippen LogP contribution is 2.50. The number of anilines is 1. The molecule has 1 heterocycles. The Balaban J connectivity index is 1.85. The Hall–Kier alpha value is -2.15. The molecular formula is C16H18FNO5. The summed E-state index contributed by atoms with van der Waals surface area (Å²) in [5, 5.41) is 9.04. The molecule has 1 aromatic rings. The van der Waals surface area contributed by atoms with Crippen molar-refractivity contribution in [2.24, 2.45) is 0 Å². The fourth-order valence-electron chi connectivity index (χ4n) is 2.87. The first-order valence-corrected chi connectivity index (χ1v) is 7.58. The zero-order valence-electron chi connectivity index (χ0n) is 12.8. The van der Waals surface area contributed by atoms with Crippen molar-refractivity contribution in [3.8, 4) is 0 Å². The van der Waals surface area contributed by atoms with E-state index in [4.69, 9.17) is 14.6 Å². The van der Waals surface area contributed by atoms with Gasteiger partial charge in [-0.05, 0) is 31.9 Å². The third-order valence-electron chi connectivity index (χ3n) is 4.27. The molecule has 23 heavy (non-hydrogen) atoms. The maximum Gasteiger partial charge on any atom is 0.414 e. The van der Waals surface area contributed by atoms with Crippen LogP contribution in [0.15, 0.2) is 18.2 Å². The molecule has 0 aromatic heterocycles. The standard InChI is InChI=1S/C16H18FNO5/c1-2-22-14(20)16(5-6-16)12-4-3-10(7-13(12)17)18-8-11(9-19)23-15(18)21/h3-4,7,11,19H,2,5-6,8-9H2,1H3. The summed E-state index contributed by atoms with van der Waals surface area (Å²) < 4.78 is 24.5. The van der Waals surface area contributed by atoms with Crippen molar-refractivity contribution in [2.45, 2.75) is 31.3 Å². The fraction of sp³-hybridized carbons (Fsp3) is 0.500. The Morgan fingerprint density at radius 2 is 2.26 bits per heavy atom. The zero-order chi connectivity index (χ0) is 16.6.